The molecule has 2 amide bonds. The fraction of sp³-hybridized carbons (Fsp3) is 0.833. The minimum absolute atomic E-state index is 0.0197. The summed E-state index contributed by atoms with van der Waals surface area (Å²) in [6.45, 7) is 3.07. The van der Waals surface area contributed by atoms with Crippen LogP contribution in [0.1, 0.15) is 45.4 Å². The first-order chi connectivity index (χ1) is 11.9. The molecule has 7 heteroatoms. The molecule has 7 nitrogen and oxygen atoms in total. The van der Waals surface area contributed by atoms with Gasteiger partial charge in [-0.3, -0.25) is 9.59 Å². The van der Waals surface area contributed by atoms with E-state index in [-0.39, 0.29) is 24.4 Å². The van der Waals surface area contributed by atoms with Crippen molar-refractivity contribution in [1.29, 1.82) is 0 Å². The number of nitrogens with zero attached hydrogens (tertiary/aromatic N) is 3. The van der Waals surface area contributed by atoms with Crippen molar-refractivity contribution >= 4 is 17.8 Å². The monoisotopic (exact) mass is 351 g/mol. The van der Waals surface area contributed by atoms with Crippen LogP contribution in [-0.2, 0) is 9.59 Å². The van der Waals surface area contributed by atoms with Crippen LogP contribution in [0.5, 0.6) is 0 Å². The molecule has 0 radical (unpaired) electrons. The number of nitrogens with one attached hydrogen (secondary N) is 2. The lowest BCUT2D eigenvalue weighted by molar-refractivity contribution is -0.132. The Morgan fingerprint density at radius 2 is 1.96 bits per heavy atom. The minimum atomic E-state index is -0.0197. The smallest absolute Gasteiger partial charge is 0.243 e. The van der Waals surface area contributed by atoms with Gasteiger partial charge in [-0.15, -0.1) is 0 Å². The first-order valence-corrected chi connectivity index (χ1v) is 9.38. The molecule has 1 heterocycles. The van der Waals surface area contributed by atoms with Crippen molar-refractivity contribution in [2.45, 2.75) is 57.5 Å². The van der Waals surface area contributed by atoms with E-state index in [1.54, 1.807) is 23.9 Å². The molecule has 2 rings (SSSR count). The van der Waals surface area contributed by atoms with Gasteiger partial charge in [-0.25, -0.2) is 4.99 Å². The van der Waals surface area contributed by atoms with Gasteiger partial charge in [0.05, 0.1) is 0 Å². The van der Waals surface area contributed by atoms with Crippen LogP contribution in [-0.4, -0.2) is 73.9 Å². The average Bonchev–Trinajstić information content (AvgIpc) is 2.57. The zero-order valence-electron chi connectivity index (χ0n) is 16.0. The molecule has 142 valence electrons. The molecule has 0 bridgehead atoms. The minimum Gasteiger partial charge on any atom is -0.353 e. The average molecular weight is 351 g/mol. The number of guanidine groups is 1. The Balaban J connectivity index is 2.01. The number of carbonyl (C=O) groups is 2. The lowest BCUT2D eigenvalue weighted by Gasteiger charge is -2.34. The van der Waals surface area contributed by atoms with E-state index >= 15 is 0 Å². The lowest BCUT2D eigenvalue weighted by atomic mass is 9.86. The highest BCUT2D eigenvalue weighted by molar-refractivity contribution is 5.85. The van der Waals surface area contributed by atoms with E-state index in [9.17, 15) is 9.59 Å². The van der Waals surface area contributed by atoms with E-state index in [4.69, 9.17) is 0 Å². The van der Waals surface area contributed by atoms with Crippen molar-refractivity contribution in [3.05, 3.63) is 0 Å². The van der Waals surface area contributed by atoms with Gasteiger partial charge in [-0.1, -0.05) is 19.8 Å². The van der Waals surface area contributed by atoms with E-state index in [2.05, 4.69) is 22.5 Å². The Labute approximate surface area is 151 Å². The number of carbonyl (C=O) groups excluding carboxylic acids is 2. The molecule has 1 aliphatic heterocycles. The second-order valence-electron chi connectivity index (χ2n) is 7.62. The predicted molar refractivity (Wildman–Crippen MR) is 99.3 cm³/mol. The van der Waals surface area contributed by atoms with Gasteiger partial charge < -0.3 is 20.4 Å². The number of likely N-dealkylation sites (tertiary alicyclic amines) is 1. The van der Waals surface area contributed by atoms with E-state index in [0.717, 1.165) is 12.8 Å². The molecule has 2 fully saturated rings. The normalized spacial score (nSPS) is 27.8. The zero-order valence-corrected chi connectivity index (χ0v) is 16.0. The second-order valence-corrected chi connectivity index (χ2v) is 7.62. The number of piperidine rings is 1. The lowest BCUT2D eigenvalue weighted by Crippen LogP contribution is -2.54. The summed E-state index contributed by atoms with van der Waals surface area (Å²) in [5.74, 6) is 1.46. The summed E-state index contributed by atoms with van der Waals surface area (Å²) in [5, 5.41) is 6.98. The molecule has 1 saturated carbocycles. The summed E-state index contributed by atoms with van der Waals surface area (Å²) in [7, 11) is 5.31. The van der Waals surface area contributed by atoms with Gasteiger partial charge in [-0.2, -0.15) is 0 Å². The van der Waals surface area contributed by atoms with Crippen LogP contribution in [0.2, 0.25) is 0 Å². The molecule has 2 aliphatic rings. The van der Waals surface area contributed by atoms with Crippen molar-refractivity contribution in [3.63, 3.8) is 0 Å². The summed E-state index contributed by atoms with van der Waals surface area (Å²) < 4.78 is 0. The van der Waals surface area contributed by atoms with Crippen LogP contribution < -0.4 is 10.6 Å². The Bertz CT molecular complexity index is 506. The molecule has 25 heavy (non-hydrogen) atoms. The molecule has 3 unspecified atom stereocenters. The number of likely N-dealkylation sites (N-methyl/N-ethyl adjacent to an activating group) is 2. The predicted octanol–water partition coefficient (Wildman–Crippen LogP) is 0.809. The van der Waals surface area contributed by atoms with E-state index in [0.29, 0.717) is 30.9 Å². The third-order valence-electron chi connectivity index (χ3n) is 5.27. The fourth-order valence-electron chi connectivity index (χ4n) is 3.45. The summed E-state index contributed by atoms with van der Waals surface area (Å²) in [5.41, 5.74) is 0. The third-order valence-corrected chi connectivity index (χ3v) is 5.27. The summed E-state index contributed by atoms with van der Waals surface area (Å²) in [6.07, 6.45) is 6.22. The highest BCUT2D eigenvalue weighted by Crippen LogP contribution is 2.23. The van der Waals surface area contributed by atoms with Crippen molar-refractivity contribution in [1.82, 2.24) is 20.4 Å². The number of aliphatic imine (C=N–C) groups is 1. The molecule has 3 atom stereocenters. The highest BCUT2D eigenvalue weighted by atomic mass is 16.2. The van der Waals surface area contributed by atoms with Crippen molar-refractivity contribution in [2.75, 3.05) is 34.2 Å². The summed E-state index contributed by atoms with van der Waals surface area (Å²) in [6, 6.07) is 0.555. The van der Waals surface area contributed by atoms with Crippen LogP contribution in [0, 0.1) is 5.92 Å². The first-order valence-electron chi connectivity index (χ1n) is 9.38. The van der Waals surface area contributed by atoms with Crippen molar-refractivity contribution in [2.24, 2.45) is 10.9 Å². The quantitative estimate of drug-likeness (QED) is 0.580. The van der Waals surface area contributed by atoms with Crippen LogP contribution in [0.15, 0.2) is 4.99 Å². The van der Waals surface area contributed by atoms with Crippen molar-refractivity contribution in [3.8, 4) is 0 Å². The molecule has 1 saturated heterocycles. The van der Waals surface area contributed by atoms with Gasteiger partial charge >= 0.3 is 0 Å². The standard InChI is InChI=1S/C18H33N5O2/c1-13-7-5-6-8-15(13)21-18(19-11-17(25)22(2)3)20-14-9-10-16(24)23(4)12-14/h13-15H,5-12H2,1-4H3,(H2,19,20,21). The Hall–Kier alpha value is -1.79. The topological polar surface area (TPSA) is 77.0 Å². The molecule has 0 aromatic rings. The van der Waals surface area contributed by atoms with E-state index in [1.165, 1.54) is 19.3 Å². The Morgan fingerprint density at radius 1 is 1.24 bits per heavy atom. The molecule has 0 aromatic carbocycles. The largest absolute Gasteiger partial charge is 0.353 e. The van der Waals surface area contributed by atoms with E-state index in [1.807, 2.05) is 7.05 Å². The highest BCUT2D eigenvalue weighted by Gasteiger charge is 2.26. The Kier molecular flexibility index (Phi) is 7.08. The van der Waals surface area contributed by atoms with Gasteiger partial charge in [0, 0.05) is 46.2 Å². The van der Waals surface area contributed by atoms with Crippen molar-refractivity contribution < 1.29 is 9.59 Å². The Morgan fingerprint density at radius 3 is 2.60 bits per heavy atom. The number of hydrogen-bond acceptors (Lipinski definition) is 3. The molecule has 0 spiro atoms. The molecule has 0 aromatic heterocycles. The summed E-state index contributed by atoms with van der Waals surface area (Å²) in [4.78, 5) is 31.4. The first kappa shape index (κ1) is 19.5. The van der Waals surface area contributed by atoms with Gasteiger partial charge in [-0.05, 0) is 25.2 Å². The maximum absolute atomic E-state index is 11.9. The maximum Gasteiger partial charge on any atom is 0.243 e. The fourth-order valence-corrected chi connectivity index (χ4v) is 3.45. The molecule has 1 aliphatic carbocycles. The third kappa shape index (κ3) is 5.90. The molecule has 2 N–H and O–H groups in total. The van der Waals surface area contributed by atoms with Gasteiger partial charge in [0.25, 0.3) is 0 Å². The van der Waals surface area contributed by atoms with Crippen LogP contribution in [0.25, 0.3) is 0 Å². The van der Waals surface area contributed by atoms with Gasteiger partial charge in [0.2, 0.25) is 11.8 Å². The van der Waals surface area contributed by atoms with Gasteiger partial charge in [0.1, 0.15) is 6.54 Å². The number of hydrogen-bond donors (Lipinski definition) is 2. The molecular formula is C18H33N5O2. The van der Waals surface area contributed by atoms with Crippen LogP contribution in [0.4, 0.5) is 0 Å². The van der Waals surface area contributed by atoms with Gasteiger partial charge in [0.15, 0.2) is 5.96 Å². The SMILES string of the molecule is CC1CCCCC1NC(=NCC(=O)N(C)C)NC1CCC(=O)N(C)C1. The number of amides is 2. The second kappa shape index (κ2) is 9.06. The number of rotatable bonds is 4. The zero-order chi connectivity index (χ0) is 18.4. The van der Waals surface area contributed by atoms with Crippen LogP contribution >= 0.6 is 0 Å². The van der Waals surface area contributed by atoms with Crippen LogP contribution in [0.3, 0.4) is 0 Å². The summed E-state index contributed by atoms with van der Waals surface area (Å²) >= 11 is 0. The molecular weight excluding hydrogens is 318 g/mol. The maximum atomic E-state index is 11.9. The van der Waals surface area contributed by atoms with E-state index < -0.39 is 0 Å².